The van der Waals surface area contributed by atoms with Crippen molar-refractivity contribution in [2.45, 2.75) is 271 Å². The van der Waals surface area contributed by atoms with Crippen molar-refractivity contribution in [1.29, 1.82) is 0 Å². The highest BCUT2D eigenvalue weighted by atomic mass is 16.6. The van der Waals surface area contributed by atoms with Crippen LogP contribution in [0.15, 0.2) is 60.8 Å². The van der Waals surface area contributed by atoms with Crippen LogP contribution >= 0.6 is 0 Å². The summed E-state index contributed by atoms with van der Waals surface area (Å²) in [5.74, 6) is -0.909. The Hall–Kier alpha value is -2.89. The lowest BCUT2D eigenvalue weighted by molar-refractivity contribution is -0.167. The lowest BCUT2D eigenvalue weighted by Crippen LogP contribution is -2.30. The fourth-order valence-electron chi connectivity index (χ4n) is 7.49. The molecule has 0 aromatic heterocycles. The summed E-state index contributed by atoms with van der Waals surface area (Å²) in [7, 11) is 0. The molecular formula is C57H100O6. The molecule has 63 heavy (non-hydrogen) atoms. The predicted octanol–water partition coefficient (Wildman–Crippen LogP) is 17.6. The van der Waals surface area contributed by atoms with E-state index in [2.05, 4.69) is 81.5 Å². The van der Waals surface area contributed by atoms with Gasteiger partial charge in [-0.15, -0.1) is 0 Å². The Bertz CT molecular complexity index is 1150. The first kappa shape index (κ1) is 60.1. The molecule has 0 aliphatic heterocycles. The quantitative estimate of drug-likeness (QED) is 0.0262. The predicted molar refractivity (Wildman–Crippen MR) is 270 cm³/mol. The zero-order valence-electron chi connectivity index (χ0n) is 41.6. The van der Waals surface area contributed by atoms with Crippen molar-refractivity contribution in [3.8, 4) is 0 Å². The minimum atomic E-state index is -0.786. The normalized spacial score (nSPS) is 12.5. The number of unbranched alkanes of at least 4 members (excludes halogenated alkanes) is 27. The average Bonchev–Trinajstić information content (AvgIpc) is 3.28. The van der Waals surface area contributed by atoms with Crippen molar-refractivity contribution in [3.63, 3.8) is 0 Å². The minimum Gasteiger partial charge on any atom is -0.462 e. The van der Waals surface area contributed by atoms with E-state index in [4.69, 9.17) is 14.2 Å². The van der Waals surface area contributed by atoms with Crippen LogP contribution < -0.4 is 0 Å². The summed E-state index contributed by atoms with van der Waals surface area (Å²) < 4.78 is 16.8. The van der Waals surface area contributed by atoms with E-state index in [-0.39, 0.29) is 31.1 Å². The molecule has 6 nitrogen and oxygen atoms in total. The zero-order chi connectivity index (χ0) is 45.8. The lowest BCUT2D eigenvalue weighted by Gasteiger charge is -2.18. The van der Waals surface area contributed by atoms with Gasteiger partial charge >= 0.3 is 17.9 Å². The van der Waals surface area contributed by atoms with Crippen LogP contribution in [0.25, 0.3) is 0 Å². The van der Waals surface area contributed by atoms with Gasteiger partial charge in [0, 0.05) is 19.3 Å². The van der Waals surface area contributed by atoms with E-state index in [1.54, 1.807) is 0 Å². The summed E-state index contributed by atoms with van der Waals surface area (Å²) in [5, 5.41) is 0. The van der Waals surface area contributed by atoms with Crippen molar-refractivity contribution >= 4 is 17.9 Å². The third kappa shape index (κ3) is 50.0. The topological polar surface area (TPSA) is 78.9 Å². The Morgan fingerprint density at radius 3 is 0.984 bits per heavy atom. The first-order chi connectivity index (χ1) is 31.0. The molecule has 0 spiro atoms. The maximum atomic E-state index is 12.8. The molecule has 0 aromatic carbocycles. The standard InChI is InChI=1S/C57H100O6/c1-4-7-10-13-16-19-22-25-28-29-30-33-35-38-41-44-47-50-56(59)62-53-54(63-57(60)51-48-45-42-39-36-32-27-24-21-18-15-12-9-6-3)52-61-55(58)49-46-43-40-37-34-31-26-23-20-17-14-11-8-5-2/h7,10,16,19,24-25,27-28,30,33,54H,4-6,8-9,11-15,17-18,20-23,26,29,31-32,34-53H2,1-3H3/b10-7-,19-16-,27-24-,28-25-,33-30-. The van der Waals surface area contributed by atoms with Gasteiger partial charge in [0.15, 0.2) is 6.10 Å². The Kier molecular flexibility index (Phi) is 49.4. The smallest absolute Gasteiger partial charge is 0.306 e. The van der Waals surface area contributed by atoms with Gasteiger partial charge in [-0.1, -0.05) is 223 Å². The Morgan fingerprint density at radius 1 is 0.333 bits per heavy atom. The van der Waals surface area contributed by atoms with E-state index < -0.39 is 6.10 Å². The van der Waals surface area contributed by atoms with Crippen LogP contribution in [-0.4, -0.2) is 37.2 Å². The molecule has 0 amide bonds. The number of hydrogen-bond donors (Lipinski definition) is 0. The Morgan fingerprint density at radius 2 is 0.619 bits per heavy atom. The fraction of sp³-hybridized carbons (Fsp3) is 0.772. The monoisotopic (exact) mass is 881 g/mol. The number of allylic oxidation sites excluding steroid dienone is 10. The van der Waals surface area contributed by atoms with Gasteiger partial charge in [-0.3, -0.25) is 14.4 Å². The summed E-state index contributed by atoms with van der Waals surface area (Å²) >= 11 is 0. The summed E-state index contributed by atoms with van der Waals surface area (Å²) in [4.78, 5) is 38.0. The summed E-state index contributed by atoms with van der Waals surface area (Å²) in [6, 6.07) is 0. The Labute approximate surface area is 390 Å². The average molecular weight is 881 g/mol. The SMILES string of the molecule is CC/C=C\C/C=C\C/C=C\C/C=C\CCCCCCC(=O)OCC(COC(=O)CCCCCCCCCCCCCCCC)OC(=O)CCCCCCC/C=C\CCCCCCC. The molecule has 0 saturated heterocycles. The van der Waals surface area contributed by atoms with Gasteiger partial charge in [0.2, 0.25) is 0 Å². The second kappa shape index (κ2) is 51.7. The van der Waals surface area contributed by atoms with E-state index in [0.29, 0.717) is 19.3 Å². The van der Waals surface area contributed by atoms with Gasteiger partial charge in [-0.25, -0.2) is 0 Å². The first-order valence-corrected chi connectivity index (χ1v) is 26.8. The van der Waals surface area contributed by atoms with Crippen molar-refractivity contribution in [3.05, 3.63) is 60.8 Å². The van der Waals surface area contributed by atoms with Crippen molar-refractivity contribution < 1.29 is 28.6 Å². The van der Waals surface area contributed by atoms with Gasteiger partial charge in [0.25, 0.3) is 0 Å². The van der Waals surface area contributed by atoms with Gasteiger partial charge < -0.3 is 14.2 Å². The van der Waals surface area contributed by atoms with E-state index in [1.807, 2.05) is 0 Å². The molecule has 364 valence electrons. The molecule has 0 heterocycles. The van der Waals surface area contributed by atoms with Crippen LogP contribution in [0.3, 0.4) is 0 Å². The summed E-state index contributed by atoms with van der Waals surface area (Å²) in [6.07, 6.45) is 63.4. The number of carbonyl (C=O) groups excluding carboxylic acids is 3. The maximum absolute atomic E-state index is 12.8. The molecule has 0 radical (unpaired) electrons. The molecule has 0 aromatic rings. The van der Waals surface area contributed by atoms with E-state index in [0.717, 1.165) is 109 Å². The number of ether oxygens (including phenoxy) is 3. The van der Waals surface area contributed by atoms with Crippen molar-refractivity contribution in [2.75, 3.05) is 13.2 Å². The van der Waals surface area contributed by atoms with E-state index >= 15 is 0 Å². The molecule has 0 bridgehead atoms. The zero-order valence-corrected chi connectivity index (χ0v) is 41.6. The molecule has 0 fully saturated rings. The molecule has 0 saturated carbocycles. The van der Waals surface area contributed by atoms with Crippen LogP contribution in [0.5, 0.6) is 0 Å². The molecule has 0 aliphatic rings. The largest absolute Gasteiger partial charge is 0.462 e. The van der Waals surface area contributed by atoms with Crippen LogP contribution in [0, 0.1) is 0 Å². The van der Waals surface area contributed by atoms with Crippen molar-refractivity contribution in [2.24, 2.45) is 0 Å². The highest BCUT2D eigenvalue weighted by Gasteiger charge is 2.19. The van der Waals surface area contributed by atoms with Gasteiger partial charge in [0.1, 0.15) is 13.2 Å². The van der Waals surface area contributed by atoms with E-state index in [9.17, 15) is 14.4 Å². The lowest BCUT2D eigenvalue weighted by atomic mass is 10.0. The molecule has 0 N–H and O–H groups in total. The van der Waals surface area contributed by atoms with Crippen LogP contribution in [0.2, 0.25) is 0 Å². The Balaban J connectivity index is 4.42. The molecule has 0 aliphatic carbocycles. The van der Waals surface area contributed by atoms with Gasteiger partial charge in [-0.2, -0.15) is 0 Å². The maximum Gasteiger partial charge on any atom is 0.306 e. The third-order valence-corrected chi connectivity index (χ3v) is 11.5. The van der Waals surface area contributed by atoms with Gasteiger partial charge in [-0.05, 0) is 83.5 Å². The second-order valence-electron chi connectivity index (χ2n) is 17.8. The first-order valence-electron chi connectivity index (χ1n) is 26.8. The fourth-order valence-corrected chi connectivity index (χ4v) is 7.49. The minimum absolute atomic E-state index is 0.0833. The highest BCUT2D eigenvalue weighted by molar-refractivity contribution is 5.71. The molecule has 1 atom stereocenters. The third-order valence-electron chi connectivity index (χ3n) is 11.5. The van der Waals surface area contributed by atoms with Crippen LogP contribution in [0.1, 0.15) is 265 Å². The molecule has 6 heteroatoms. The second-order valence-corrected chi connectivity index (χ2v) is 17.8. The van der Waals surface area contributed by atoms with Crippen LogP contribution in [-0.2, 0) is 28.6 Å². The van der Waals surface area contributed by atoms with Crippen molar-refractivity contribution in [1.82, 2.24) is 0 Å². The summed E-state index contributed by atoms with van der Waals surface area (Å²) in [6.45, 7) is 6.50. The summed E-state index contributed by atoms with van der Waals surface area (Å²) in [5.41, 5.74) is 0. The number of hydrogen-bond acceptors (Lipinski definition) is 6. The van der Waals surface area contributed by atoms with Crippen LogP contribution in [0.4, 0.5) is 0 Å². The number of carbonyl (C=O) groups is 3. The molecule has 1 unspecified atom stereocenters. The van der Waals surface area contributed by atoms with Gasteiger partial charge in [0.05, 0.1) is 0 Å². The molecular weight excluding hydrogens is 781 g/mol. The van der Waals surface area contributed by atoms with E-state index in [1.165, 1.54) is 116 Å². The number of rotatable bonds is 48. The number of esters is 3. The molecule has 0 rings (SSSR count). The highest BCUT2D eigenvalue weighted by Crippen LogP contribution is 2.15.